The van der Waals surface area contributed by atoms with Crippen LogP contribution in [-0.4, -0.2) is 15.7 Å². The maximum atomic E-state index is 12.3. The van der Waals surface area contributed by atoms with E-state index in [4.69, 9.17) is 0 Å². The molecule has 0 radical (unpaired) electrons. The molecule has 0 spiro atoms. The van der Waals surface area contributed by atoms with Crippen molar-refractivity contribution in [3.63, 3.8) is 0 Å². The second-order valence-electron chi connectivity index (χ2n) is 5.56. The molecule has 3 rings (SSSR count). The quantitative estimate of drug-likeness (QED) is 0.784. The molecule has 0 aliphatic rings. The lowest BCUT2D eigenvalue weighted by atomic mass is 10.1. The molecule has 5 heteroatoms. The van der Waals surface area contributed by atoms with Crippen LogP contribution in [0.15, 0.2) is 76.4 Å². The highest BCUT2D eigenvalue weighted by Crippen LogP contribution is 2.07. The first-order chi connectivity index (χ1) is 11.7. The van der Waals surface area contributed by atoms with Crippen LogP contribution in [0.3, 0.4) is 0 Å². The zero-order valence-corrected chi connectivity index (χ0v) is 13.5. The lowest BCUT2D eigenvalue weighted by Gasteiger charge is -2.12. The molecule has 2 aromatic carbocycles. The number of aromatic nitrogens is 2. The Morgan fingerprint density at radius 3 is 2.21 bits per heavy atom. The van der Waals surface area contributed by atoms with Crippen molar-refractivity contribution < 1.29 is 0 Å². The number of nitrogens with one attached hydrogen (secondary N) is 1. The van der Waals surface area contributed by atoms with Crippen molar-refractivity contribution in [1.82, 2.24) is 9.13 Å². The highest BCUT2D eigenvalue weighted by Gasteiger charge is 2.09. The fourth-order valence-corrected chi connectivity index (χ4v) is 2.55. The van der Waals surface area contributed by atoms with Gasteiger partial charge >= 0.3 is 5.69 Å². The van der Waals surface area contributed by atoms with Gasteiger partial charge in [-0.2, -0.15) is 0 Å². The van der Waals surface area contributed by atoms with Crippen molar-refractivity contribution in [3.05, 3.63) is 93.3 Å². The predicted octanol–water partition coefficient (Wildman–Crippen LogP) is 2.19. The van der Waals surface area contributed by atoms with E-state index in [9.17, 15) is 9.59 Å². The predicted molar refractivity (Wildman–Crippen MR) is 95.9 cm³/mol. The van der Waals surface area contributed by atoms with Crippen molar-refractivity contribution in [2.24, 2.45) is 7.05 Å². The summed E-state index contributed by atoms with van der Waals surface area (Å²) < 4.78 is 2.60. The first kappa shape index (κ1) is 15.8. The van der Waals surface area contributed by atoms with Crippen LogP contribution >= 0.6 is 0 Å². The molecule has 0 saturated carbocycles. The van der Waals surface area contributed by atoms with Crippen molar-refractivity contribution >= 4 is 5.69 Å². The summed E-state index contributed by atoms with van der Waals surface area (Å²) in [6.45, 7) is 0.617. The minimum Gasteiger partial charge on any atom is -0.379 e. The summed E-state index contributed by atoms with van der Waals surface area (Å²) in [6, 6.07) is 19.3. The molecule has 0 atom stereocenters. The monoisotopic (exact) mass is 321 g/mol. The van der Waals surface area contributed by atoms with E-state index in [1.165, 1.54) is 17.2 Å². The van der Waals surface area contributed by atoms with Crippen LogP contribution in [-0.2, 0) is 13.5 Å². The molecule has 0 bridgehead atoms. The third-order valence-electron chi connectivity index (χ3n) is 3.89. The van der Waals surface area contributed by atoms with Gasteiger partial charge in [0.2, 0.25) is 0 Å². The van der Waals surface area contributed by atoms with Gasteiger partial charge in [-0.25, -0.2) is 4.79 Å². The van der Waals surface area contributed by atoms with Gasteiger partial charge in [0, 0.05) is 19.8 Å². The highest BCUT2D eigenvalue weighted by molar-refractivity contribution is 5.42. The molecule has 1 aromatic heterocycles. The van der Waals surface area contributed by atoms with Gasteiger partial charge in [0.25, 0.3) is 5.56 Å². The summed E-state index contributed by atoms with van der Waals surface area (Å²) in [5, 5.41) is 3.15. The molecular weight excluding hydrogens is 302 g/mol. The molecule has 1 N–H and O–H groups in total. The van der Waals surface area contributed by atoms with Crippen LogP contribution in [0.25, 0.3) is 5.69 Å². The van der Waals surface area contributed by atoms with Gasteiger partial charge in [-0.3, -0.25) is 13.9 Å². The van der Waals surface area contributed by atoms with Gasteiger partial charge in [0.15, 0.2) is 0 Å². The Hall–Kier alpha value is -3.08. The molecule has 24 heavy (non-hydrogen) atoms. The van der Waals surface area contributed by atoms with Crippen molar-refractivity contribution in [1.29, 1.82) is 0 Å². The van der Waals surface area contributed by atoms with Crippen LogP contribution < -0.4 is 16.6 Å². The molecule has 0 amide bonds. The Labute approximate surface area is 139 Å². The van der Waals surface area contributed by atoms with E-state index in [1.54, 1.807) is 6.20 Å². The van der Waals surface area contributed by atoms with E-state index in [0.29, 0.717) is 12.2 Å². The zero-order chi connectivity index (χ0) is 16.9. The maximum absolute atomic E-state index is 12.3. The Morgan fingerprint density at radius 1 is 0.917 bits per heavy atom. The Morgan fingerprint density at radius 2 is 1.54 bits per heavy atom. The van der Waals surface area contributed by atoms with Gasteiger partial charge in [0.1, 0.15) is 5.69 Å². The summed E-state index contributed by atoms with van der Waals surface area (Å²) in [4.78, 5) is 24.6. The van der Waals surface area contributed by atoms with E-state index >= 15 is 0 Å². The summed E-state index contributed by atoms with van der Waals surface area (Å²) in [6.07, 6.45) is 2.37. The minimum absolute atomic E-state index is 0.319. The molecule has 3 aromatic rings. The maximum Gasteiger partial charge on any atom is 0.335 e. The second kappa shape index (κ2) is 7.00. The molecule has 5 nitrogen and oxygen atoms in total. The van der Waals surface area contributed by atoms with Crippen molar-refractivity contribution in [3.8, 4) is 5.69 Å². The molecule has 1 heterocycles. The summed E-state index contributed by atoms with van der Waals surface area (Å²) in [7, 11) is 1.49. The Kier molecular flexibility index (Phi) is 4.61. The van der Waals surface area contributed by atoms with Crippen molar-refractivity contribution in [2.45, 2.75) is 6.42 Å². The SMILES string of the molecule is Cn1c(=O)c(NCCc2ccccc2)cn(-c2ccccc2)c1=O. The smallest absolute Gasteiger partial charge is 0.335 e. The zero-order valence-electron chi connectivity index (χ0n) is 13.5. The van der Waals surface area contributed by atoms with Gasteiger partial charge in [0.05, 0.1) is 5.69 Å². The van der Waals surface area contributed by atoms with Crippen LogP contribution in [0.5, 0.6) is 0 Å². The van der Waals surface area contributed by atoms with Gasteiger partial charge in [-0.15, -0.1) is 0 Å². The number of nitrogens with zero attached hydrogens (tertiary/aromatic N) is 2. The summed E-state index contributed by atoms with van der Waals surface area (Å²) in [5.74, 6) is 0. The third-order valence-corrected chi connectivity index (χ3v) is 3.89. The molecule has 122 valence electrons. The lowest BCUT2D eigenvalue weighted by Crippen LogP contribution is -2.38. The number of benzene rings is 2. The van der Waals surface area contributed by atoms with Crippen LogP contribution in [0.2, 0.25) is 0 Å². The van der Waals surface area contributed by atoms with Crippen molar-refractivity contribution in [2.75, 3.05) is 11.9 Å². The average Bonchev–Trinajstić information content (AvgIpc) is 2.63. The molecule has 0 unspecified atom stereocenters. The third kappa shape index (κ3) is 3.30. The standard InChI is InChI=1S/C19H19N3O2/c1-21-18(23)17(20-13-12-15-8-4-2-5-9-15)14-22(19(21)24)16-10-6-3-7-11-16/h2-11,14,20H,12-13H2,1H3. The summed E-state index contributed by atoms with van der Waals surface area (Å²) >= 11 is 0. The number of para-hydroxylation sites is 1. The van der Waals surface area contributed by atoms with E-state index in [2.05, 4.69) is 5.32 Å². The topological polar surface area (TPSA) is 56.0 Å². The Bertz CT molecular complexity index is 928. The molecular formula is C19H19N3O2. The van der Waals surface area contributed by atoms with Crippen LogP contribution in [0.4, 0.5) is 5.69 Å². The molecule has 0 saturated heterocycles. The van der Waals surface area contributed by atoms with E-state index in [-0.39, 0.29) is 11.2 Å². The van der Waals surface area contributed by atoms with E-state index < -0.39 is 0 Å². The van der Waals surface area contributed by atoms with Gasteiger partial charge in [-0.05, 0) is 24.1 Å². The average molecular weight is 321 g/mol. The first-order valence-electron chi connectivity index (χ1n) is 7.83. The van der Waals surface area contributed by atoms with E-state index in [0.717, 1.165) is 16.7 Å². The highest BCUT2D eigenvalue weighted by atomic mass is 16.2. The lowest BCUT2D eigenvalue weighted by molar-refractivity contribution is 0.729. The fraction of sp³-hybridized carbons (Fsp3) is 0.158. The normalized spacial score (nSPS) is 10.5. The number of hydrogen-bond donors (Lipinski definition) is 1. The second-order valence-corrected chi connectivity index (χ2v) is 5.56. The summed E-state index contributed by atoms with van der Waals surface area (Å²) in [5.41, 5.74) is 1.65. The van der Waals surface area contributed by atoms with Gasteiger partial charge in [-0.1, -0.05) is 48.5 Å². The molecule has 0 fully saturated rings. The van der Waals surface area contributed by atoms with E-state index in [1.807, 2.05) is 60.7 Å². The van der Waals surface area contributed by atoms with Gasteiger partial charge < -0.3 is 5.32 Å². The minimum atomic E-state index is -0.361. The largest absolute Gasteiger partial charge is 0.379 e. The molecule has 0 aliphatic carbocycles. The first-order valence-corrected chi connectivity index (χ1v) is 7.83. The number of hydrogen-bond acceptors (Lipinski definition) is 3. The number of anilines is 1. The van der Waals surface area contributed by atoms with Crippen LogP contribution in [0.1, 0.15) is 5.56 Å². The Balaban J connectivity index is 1.87. The number of rotatable bonds is 5. The fourth-order valence-electron chi connectivity index (χ4n) is 2.55. The molecule has 0 aliphatic heterocycles. The van der Waals surface area contributed by atoms with Crippen LogP contribution in [0, 0.1) is 0 Å².